The zero-order chi connectivity index (χ0) is 21.9. The Balaban J connectivity index is 1.98. The molecule has 168 valence electrons. The largest absolute Gasteiger partial charge is 0.487 e. The van der Waals surface area contributed by atoms with Crippen molar-refractivity contribution < 1.29 is 19.4 Å². The number of ether oxygens (including phenoxy) is 2. The number of aliphatic hydroxyl groups is 1. The molecule has 4 heteroatoms. The van der Waals surface area contributed by atoms with Crippen LogP contribution in [0.25, 0.3) is 0 Å². The summed E-state index contributed by atoms with van der Waals surface area (Å²) in [6.07, 6.45) is 8.57. The Morgan fingerprint density at radius 3 is 2.70 bits per heavy atom. The third-order valence-corrected chi connectivity index (χ3v) is 7.16. The molecule has 1 heterocycles. The van der Waals surface area contributed by atoms with Crippen molar-refractivity contribution in [2.45, 2.75) is 116 Å². The lowest BCUT2D eigenvalue weighted by atomic mass is 9.65. The number of fused-ring (bicyclic) bond motifs is 3. The molecule has 1 N–H and O–H groups in total. The molecule has 1 aromatic carbocycles. The molecule has 0 saturated heterocycles. The van der Waals surface area contributed by atoms with E-state index in [0.29, 0.717) is 30.4 Å². The highest BCUT2D eigenvalue weighted by atomic mass is 16.5. The van der Waals surface area contributed by atoms with Crippen molar-refractivity contribution in [3.8, 4) is 11.5 Å². The van der Waals surface area contributed by atoms with Gasteiger partial charge in [-0.25, -0.2) is 0 Å². The summed E-state index contributed by atoms with van der Waals surface area (Å²) in [6, 6.07) is 4.23. The maximum absolute atomic E-state index is 12.2. The van der Waals surface area contributed by atoms with E-state index in [1.807, 2.05) is 6.92 Å². The SMILES string of the molecule is CCCCCCC(C)c1cc(OC(=O)CC)c2c(c1)OC(C)(C)C1CCC(O)CC21. The van der Waals surface area contributed by atoms with E-state index >= 15 is 0 Å². The van der Waals surface area contributed by atoms with E-state index in [2.05, 4.69) is 39.8 Å². The highest BCUT2D eigenvalue weighted by Crippen LogP contribution is 2.55. The second-order valence-electron chi connectivity index (χ2n) is 9.89. The number of aliphatic hydroxyl groups excluding tert-OH is 1. The zero-order valence-electron chi connectivity index (χ0n) is 19.5. The molecule has 4 unspecified atom stereocenters. The molecular weight excluding hydrogens is 376 g/mol. The minimum Gasteiger partial charge on any atom is -0.487 e. The maximum Gasteiger partial charge on any atom is 0.310 e. The lowest BCUT2D eigenvalue weighted by Crippen LogP contribution is -2.47. The summed E-state index contributed by atoms with van der Waals surface area (Å²) in [7, 11) is 0. The Morgan fingerprint density at radius 1 is 1.23 bits per heavy atom. The molecule has 0 bridgehead atoms. The third kappa shape index (κ3) is 5.01. The fraction of sp³-hybridized carbons (Fsp3) is 0.731. The normalized spacial score (nSPS) is 25.6. The number of carbonyl (C=O) groups excluding carboxylic acids is 1. The average molecular weight is 417 g/mol. The van der Waals surface area contributed by atoms with Crippen LogP contribution < -0.4 is 9.47 Å². The number of hydrogen-bond acceptors (Lipinski definition) is 4. The number of carbonyl (C=O) groups is 1. The minimum absolute atomic E-state index is 0.154. The fourth-order valence-electron chi connectivity index (χ4n) is 5.34. The van der Waals surface area contributed by atoms with Gasteiger partial charge in [-0.15, -0.1) is 0 Å². The Labute approximate surface area is 182 Å². The molecule has 1 fully saturated rings. The molecule has 4 nitrogen and oxygen atoms in total. The van der Waals surface area contributed by atoms with Crippen molar-refractivity contribution in [2.24, 2.45) is 5.92 Å². The molecule has 1 aliphatic heterocycles. The Kier molecular flexibility index (Phi) is 7.49. The fourth-order valence-corrected chi connectivity index (χ4v) is 5.34. The first-order chi connectivity index (χ1) is 14.3. The topological polar surface area (TPSA) is 55.8 Å². The quantitative estimate of drug-likeness (QED) is 0.299. The van der Waals surface area contributed by atoms with Crippen molar-refractivity contribution in [3.05, 3.63) is 23.3 Å². The average Bonchev–Trinajstić information content (AvgIpc) is 2.69. The summed E-state index contributed by atoms with van der Waals surface area (Å²) >= 11 is 0. The molecule has 2 aliphatic rings. The summed E-state index contributed by atoms with van der Waals surface area (Å²) in [5, 5.41) is 10.4. The van der Waals surface area contributed by atoms with E-state index in [9.17, 15) is 9.90 Å². The van der Waals surface area contributed by atoms with Crippen LogP contribution in [0.1, 0.15) is 115 Å². The van der Waals surface area contributed by atoms with Crippen LogP contribution in [0.3, 0.4) is 0 Å². The van der Waals surface area contributed by atoms with Gasteiger partial charge in [0.05, 0.1) is 6.10 Å². The molecule has 0 amide bonds. The summed E-state index contributed by atoms with van der Waals surface area (Å²) in [4.78, 5) is 12.2. The Morgan fingerprint density at radius 2 is 2.00 bits per heavy atom. The van der Waals surface area contributed by atoms with Crippen molar-refractivity contribution in [1.82, 2.24) is 0 Å². The van der Waals surface area contributed by atoms with Crippen LogP contribution in [0.5, 0.6) is 11.5 Å². The Bertz CT molecular complexity index is 739. The monoisotopic (exact) mass is 416 g/mol. The van der Waals surface area contributed by atoms with Gasteiger partial charge >= 0.3 is 5.97 Å². The molecule has 30 heavy (non-hydrogen) atoms. The van der Waals surface area contributed by atoms with Gasteiger partial charge in [-0.2, -0.15) is 0 Å². The van der Waals surface area contributed by atoms with Crippen LogP contribution in [0, 0.1) is 5.92 Å². The van der Waals surface area contributed by atoms with E-state index in [4.69, 9.17) is 9.47 Å². The first kappa shape index (κ1) is 23.1. The zero-order valence-corrected chi connectivity index (χ0v) is 19.5. The van der Waals surface area contributed by atoms with Crippen LogP contribution in [0.15, 0.2) is 12.1 Å². The summed E-state index contributed by atoms with van der Waals surface area (Å²) in [5.74, 6) is 2.11. The van der Waals surface area contributed by atoms with Crippen molar-refractivity contribution >= 4 is 5.97 Å². The van der Waals surface area contributed by atoms with Crippen molar-refractivity contribution in [2.75, 3.05) is 0 Å². The lowest BCUT2D eigenvalue weighted by Gasteiger charge is -2.48. The van der Waals surface area contributed by atoms with Gasteiger partial charge in [-0.1, -0.05) is 46.5 Å². The second-order valence-corrected chi connectivity index (χ2v) is 9.89. The standard InChI is InChI=1S/C26H40O4/c1-6-8-9-10-11-17(3)18-14-22(29-24(28)7-2)25-20-16-19(27)12-13-21(20)26(4,5)30-23(25)15-18/h14-15,17,19-21,27H,6-13,16H2,1-5H3. The van der Waals surface area contributed by atoms with Gasteiger partial charge in [0, 0.05) is 23.8 Å². The van der Waals surface area contributed by atoms with E-state index in [1.165, 1.54) is 31.2 Å². The smallest absolute Gasteiger partial charge is 0.310 e. The second kappa shape index (κ2) is 9.72. The highest BCUT2D eigenvalue weighted by molar-refractivity contribution is 5.73. The summed E-state index contributed by atoms with van der Waals surface area (Å²) < 4.78 is 12.4. The first-order valence-electron chi connectivity index (χ1n) is 12.0. The molecule has 3 rings (SSSR count). The Hall–Kier alpha value is -1.55. The van der Waals surface area contributed by atoms with Gasteiger partial charge in [-0.05, 0) is 63.1 Å². The van der Waals surface area contributed by atoms with Crippen LogP contribution in [-0.2, 0) is 4.79 Å². The molecule has 4 atom stereocenters. The number of unbranched alkanes of at least 4 members (excludes halogenated alkanes) is 3. The summed E-state index contributed by atoms with van der Waals surface area (Å²) in [6.45, 7) is 10.6. The van der Waals surface area contributed by atoms with Crippen LogP contribution >= 0.6 is 0 Å². The van der Waals surface area contributed by atoms with Gasteiger partial charge in [0.25, 0.3) is 0 Å². The highest BCUT2D eigenvalue weighted by Gasteiger charge is 2.48. The van der Waals surface area contributed by atoms with Crippen molar-refractivity contribution in [1.29, 1.82) is 0 Å². The predicted octanol–water partition coefficient (Wildman–Crippen LogP) is 6.49. The van der Waals surface area contributed by atoms with Gasteiger partial charge in [-0.3, -0.25) is 4.79 Å². The lowest BCUT2D eigenvalue weighted by molar-refractivity contribution is -0.134. The predicted molar refractivity (Wildman–Crippen MR) is 120 cm³/mol. The van der Waals surface area contributed by atoms with Gasteiger partial charge in [0.2, 0.25) is 0 Å². The molecule has 0 radical (unpaired) electrons. The van der Waals surface area contributed by atoms with E-state index in [-0.39, 0.29) is 23.6 Å². The maximum atomic E-state index is 12.2. The molecular formula is C26H40O4. The summed E-state index contributed by atoms with van der Waals surface area (Å²) in [5.41, 5.74) is 1.86. The molecule has 1 aromatic rings. The van der Waals surface area contributed by atoms with Crippen LogP contribution in [0.2, 0.25) is 0 Å². The van der Waals surface area contributed by atoms with Crippen LogP contribution in [-0.4, -0.2) is 22.8 Å². The third-order valence-electron chi connectivity index (χ3n) is 7.16. The van der Waals surface area contributed by atoms with Crippen LogP contribution in [0.4, 0.5) is 0 Å². The number of esters is 1. The van der Waals surface area contributed by atoms with Gasteiger partial charge in [0.15, 0.2) is 0 Å². The molecule has 0 spiro atoms. The molecule has 0 aromatic heterocycles. The van der Waals surface area contributed by atoms with Gasteiger partial charge in [0.1, 0.15) is 17.1 Å². The number of rotatable bonds is 8. The van der Waals surface area contributed by atoms with Gasteiger partial charge < -0.3 is 14.6 Å². The van der Waals surface area contributed by atoms with E-state index < -0.39 is 0 Å². The first-order valence-corrected chi connectivity index (χ1v) is 12.0. The van der Waals surface area contributed by atoms with Crippen molar-refractivity contribution in [3.63, 3.8) is 0 Å². The number of hydrogen-bond donors (Lipinski definition) is 1. The van der Waals surface area contributed by atoms with E-state index in [0.717, 1.165) is 30.6 Å². The minimum atomic E-state index is -0.306. The molecule has 1 aliphatic carbocycles. The molecule has 1 saturated carbocycles. The van der Waals surface area contributed by atoms with E-state index in [1.54, 1.807) is 0 Å². The number of benzene rings is 1.